The van der Waals surface area contributed by atoms with Crippen LogP contribution in [0.4, 0.5) is 0 Å². The number of fused-ring (bicyclic) bond motifs is 2. The van der Waals surface area contributed by atoms with Crippen LogP contribution < -0.4 is 4.74 Å². The van der Waals surface area contributed by atoms with Crippen molar-refractivity contribution in [3.05, 3.63) is 100 Å². The molecule has 184 valence electrons. The van der Waals surface area contributed by atoms with Crippen LogP contribution in [0.3, 0.4) is 0 Å². The fourth-order valence-electron chi connectivity index (χ4n) is 4.91. The van der Waals surface area contributed by atoms with E-state index in [2.05, 4.69) is 22.0 Å². The SMILES string of the molecule is N#CCOC1C=CC=C2Oc3ncccc3C(=CCCN3CCC(O)(c4ccc(Cl)cc4)CC3)C=C21. The fraction of sp³-hybridized carbons (Fsp3) is 0.310. The van der Waals surface area contributed by atoms with Crippen LogP contribution in [0.1, 0.15) is 30.4 Å². The molecule has 0 radical (unpaired) electrons. The Kier molecular flexibility index (Phi) is 7.35. The number of halogens is 1. The maximum absolute atomic E-state index is 11.2. The predicted octanol–water partition coefficient (Wildman–Crippen LogP) is 5.17. The average molecular weight is 502 g/mol. The largest absolute Gasteiger partial charge is 0.438 e. The summed E-state index contributed by atoms with van der Waals surface area (Å²) in [7, 11) is 0. The minimum absolute atomic E-state index is 0.00119. The minimum atomic E-state index is -0.803. The summed E-state index contributed by atoms with van der Waals surface area (Å²) in [6.07, 6.45) is 13.6. The Morgan fingerprint density at radius 3 is 2.83 bits per heavy atom. The lowest BCUT2D eigenvalue weighted by molar-refractivity contribution is -0.0254. The van der Waals surface area contributed by atoms with E-state index in [0.717, 1.165) is 48.3 Å². The van der Waals surface area contributed by atoms with Crippen molar-refractivity contribution in [2.75, 3.05) is 26.2 Å². The van der Waals surface area contributed by atoms with Crippen LogP contribution in [0.25, 0.3) is 5.57 Å². The number of rotatable bonds is 6. The molecule has 1 N–H and O–H groups in total. The molecule has 1 aromatic heterocycles. The van der Waals surface area contributed by atoms with Crippen LogP contribution in [0, 0.1) is 11.3 Å². The molecular weight excluding hydrogens is 474 g/mol. The summed E-state index contributed by atoms with van der Waals surface area (Å²) in [5, 5.41) is 20.8. The van der Waals surface area contributed by atoms with E-state index in [1.165, 1.54) is 0 Å². The smallest absolute Gasteiger partial charge is 0.227 e. The number of hydrogen-bond acceptors (Lipinski definition) is 6. The number of likely N-dealkylation sites (tertiary alicyclic amines) is 1. The number of ether oxygens (including phenoxy) is 2. The first kappa shape index (κ1) is 24.5. The number of nitrogens with zero attached hydrogens (tertiary/aromatic N) is 3. The Morgan fingerprint density at radius 2 is 2.06 bits per heavy atom. The molecule has 1 fully saturated rings. The van der Waals surface area contributed by atoms with Gasteiger partial charge in [-0.15, -0.1) is 0 Å². The minimum Gasteiger partial charge on any atom is -0.438 e. The van der Waals surface area contributed by atoms with Gasteiger partial charge in [0.2, 0.25) is 5.88 Å². The standard InChI is InChI=1S/C29H28ClN3O3/c30-23-10-8-22(9-11-23)29(34)12-17-33(18-13-29)16-3-4-21-20-25-26(35-19-14-31)6-1-7-27(25)36-28-24(21)5-2-15-32-28/h1-2,4-11,15,20,26,34H,3,12-13,16-19H2. The van der Waals surface area contributed by atoms with Gasteiger partial charge in [-0.2, -0.15) is 5.26 Å². The Labute approximate surface area is 216 Å². The number of piperidine rings is 1. The first-order chi connectivity index (χ1) is 17.6. The van der Waals surface area contributed by atoms with Gasteiger partial charge in [0.25, 0.3) is 0 Å². The summed E-state index contributed by atoms with van der Waals surface area (Å²) in [6, 6.07) is 13.5. The fourth-order valence-corrected chi connectivity index (χ4v) is 5.04. The molecular formula is C29H28ClN3O3. The lowest BCUT2D eigenvalue weighted by Gasteiger charge is -2.38. The van der Waals surface area contributed by atoms with Crippen molar-refractivity contribution in [3.8, 4) is 11.9 Å². The van der Waals surface area contributed by atoms with Crippen LogP contribution in [0.15, 0.2) is 84.3 Å². The number of pyridine rings is 1. The van der Waals surface area contributed by atoms with Gasteiger partial charge in [0.15, 0.2) is 0 Å². The third-order valence-electron chi connectivity index (χ3n) is 6.93. The first-order valence-corrected chi connectivity index (χ1v) is 12.6. The van der Waals surface area contributed by atoms with E-state index in [1.807, 2.05) is 60.7 Å². The van der Waals surface area contributed by atoms with Gasteiger partial charge in [0, 0.05) is 42.0 Å². The van der Waals surface area contributed by atoms with Gasteiger partial charge in [-0.25, -0.2) is 4.98 Å². The summed E-state index contributed by atoms with van der Waals surface area (Å²) in [5.74, 6) is 1.24. The molecule has 6 nitrogen and oxygen atoms in total. The Hall–Kier alpha value is -3.21. The molecule has 3 heterocycles. The van der Waals surface area contributed by atoms with Crippen LogP contribution in [0.2, 0.25) is 5.02 Å². The quantitative estimate of drug-likeness (QED) is 0.588. The second-order valence-electron chi connectivity index (χ2n) is 9.19. The molecule has 0 bridgehead atoms. The predicted molar refractivity (Wildman–Crippen MR) is 139 cm³/mol. The highest BCUT2D eigenvalue weighted by Gasteiger charge is 2.33. The van der Waals surface area contributed by atoms with Crippen LogP contribution in [0.5, 0.6) is 5.88 Å². The lowest BCUT2D eigenvalue weighted by atomic mass is 9.84. The van der Waals surface area contributed by atoms with Crippen molar-refractivity contribution in [3.63, 3.8) is 0 Å². The summed E-state index contributed by atoms with van der Waals surface area (Å²) in [4.78, 5) is 6.84. The zero-order valence-electron chi connectivity index (χ0n) is 19.9. The molecule has 2 aromatic rings. The molecule has 1 atom stereocenters. The highest BCUT2D eigenvalue weighted by Crippen LogP contribution is 2.37. The van der Waals surface area contributed by atoms with Gasteiger partial charge in [0.1, 0.15) is 18.5 Å². The van der Waals surface area contributed by atoms with Crippen molar-refractivity contribution in [2.24, 2.45) is 0 Å². The van der Waals surface area contributed by atoms with Gasteiger partial charge in [0.05, 0.1) is 11.7 Å². The molecule has 1 aromatic carbocycles. The third kappa shape index (κ3) is 5.30. The van der Waals surface area contributed by atoms with Crippen molar-refractivity contribution < 1.29 is 14.6 Å². The van der Waals surface area contributed by atoms with E-state index in [1.54, 1.807) is 6.20 Å². The molecule has 1 aliphatic carbocycles. The Balaban J connectivity index is 1.29. The highest BCUT2D eigenvalue weighted by atomic mass is 35.5. The molecule has 0 spiro atoms. The van der Waals surface area contributed by atoms with Gasteiger partial charge >= 0.3 is 0 Å². The number of hydrogen-bond donors (Lipinski definition) is 1. The zero-order valence-corrected chi connectivity index (χ0v) is 20.7. The average Bonchev–Trinajstić information content (AvgIpc) is 3.06. The summed E-state index contributed by atoms with van der Waals surface area (Å²) >= 11 is 6.01. The molecule has 5 rings (SSSR count). The maximum Gasteiger partial charge on any atom is 0.227 e. The zero-order chi connectivity index (χ0) is 25.0. The van der Waals surface area contributed by atoms with Gasteiger partial charge in [-0.3, -0.25) is 0 Å². The highest BCUT2D eigenvalue weighted by molar-refractivity contribution is 6.30. The maximum atomic E-state index is 11.2. The molecule has 7 heteroatoms. The molecule has 2 aliphatic heterocycles. The Morgan fingerprint density at radius 1 is 1.25 bits per heavy atom. The van der Waals surface area contributed by atoms with E-state index in [0.29, 0.717) is 29.5 Å². The van der Waals surface area contributed by atoms with Gasteiger partial charge in [-0.05, 0) is 66.8 Å². The van der Waals surface area contributed by atoms with E-state index in [4.69, 9.17) is 26.3 Å². The van der Waals surface area contributed by atoms with E-state index in [9.17, 15) is 5.11 Å². The summed E-state index contributed by atoms with van der Waals surface area (Å²) < 4.78 is 11.9. The number of nitriles is 1. The van der Waals surface area contributed by atoms with Crippen molar-refractivity contribution >= 4 is 17.2 Å². The molecule has 1 saturated heterocycles. The van der Waals surface area contributed by atoms with Crippen LogP contribution >= 0.6 is 11.6 Å². The van der Waals surface area contributed by atoms with E-state index >= 15 is 0 Å². The normalized spacial score (nSPS) is 21.9. The van der Waals surface area contributed by atoms with Crippen molar-refractivity contribution in [1.29, 1.82) is 5.26 Å². The van der Waals surface area contributed by atoms with Crippen molar-refractivity contribution in [2.45, 2.75) is 31.0 Å². The summed E-state index contributed by atoms with van der Waals surface area (Å²) in [5.41, 5.74) is 2.95. The first-order valence-electron chi connectivity index (χ1n) is 12.2. The van der Waals surface area contributed by atoms with Gasteiger partial charge < -0.3 is 19.5 Å². The second kappa shape index (κ2) is 10.8. The second-order valence-corrected chi connectivity index (χ2v) is 9.63. The number of benzene rings is 1. The van der Waals surface area contributed by atoms with E-state index < -0.39 is 5.60 Å². The van der Waals surface area contributed by atoms with E-state index in [-0.39, 0.29) is 12.7 Å². The lowest BCUT2D eigenvalue weighted by Crippen LogP contribution is -2.42. The molecule has 3 aliphatic rings. The Bertz CT molecular complexity index is 1270. The number of aliphatic hydroxyl groups is 1. The van der Waals surface area contributed by atoms with Crippen LogP contribution in [-0.2, 0) is 10.3 Å². The number of allylic oxidation sites excluding steroid dienone is 4. The molecule has 0 saturated carbocycles. The van der Waals surface area contributed by atoms with Gasteiger partial charge in [-0.1, -0.05) is 42.0 Å². The molecule has 1 unspecified atom stereocenters. The monoisotopic (exact) mass is 501 g/mol. The molecule has 36 heavy (non-hydrogen) atoms. The topological polar surface area (TPSA) is 78.6 Å². The van der Waals surface area contributed by atoms with Crippen molar-refractivity contribution in [1.82, 2.24) is 9.88 Å². The molecule has 0 amide bonds. The van der Waals surface area contributed by atoms with Crippen LogP contribution in [-0.4, -0.2) is 47.3 Å². The number of aromatic nitrogens is 1. The third-order valence-corrected chi connectivity index (χ3v) is 7.18. The summed E-state index contributed by atoms with van der Waals surface area (Å²) in [6.45, 7) is 2.54.